The van der Waals surface area contributed by atoms with Crippen LogP contribution in [0.1, 0.15) is 61.7 Å². The van der Waals surface area contributed by atoms with E-state index in [1.165, 1.54) is 72.4 Å². The maximum absolute atomic E-state index is 13.5. The van der Waals surface area contributed by atoms with Gasteiger partial charge in [0.05, 0.1) is 5.56 Å². The fraction of sp³-hybridized carbons (Fsp3) is 0.208. The molecule has 54 heavy (non-hydrogen) atoms. The van der Waals surface area contributed by atoms with Gasteiger partial charge < -0.3 is 9.52 Å². The molecule has 0 saturated heterocycles. The van der Waals surface area contributed by atoms with Crippen molar-refractivity contribution in [1.82, 2.24) is 0 Å². The maximum Gasteiger partial charge on any atom is 0.182 e. The first-order valence-electron chi connectivity index (χ1n) is 19.2. The smallest absolute Gasteiger partial charge is 0.182 e. The number of fused-ring (bicyclic) bond motifs is 2. The van der Waals surface area contributed by atoms with Gasteiger partial charge in [0, 0.05) is 28.6 Å². The van der Waals surface area contributed by atoms with Crippen molar-refractivity contribution in [3.05, 3.63) is 167 Å². The van der Waals surface area contributed by atoms with Crippen molar-refractivity contribution in [3.63, 3.8) is 0 Å². The zero-order chi connectivity index (χ0) is 37.2. The van der Waals surface area contributed by atoms with E-state index in [2.05, 4.69) is 91.0 Å². The fourth-order valence-electron chi connectivity index (χ4n) is 7.93. The van der Waals surface area contributed by atoms with Gasteiger partial charge in [0.25, 0.3) is 0 Å². The van der Waals surface area contributed by atoms with Crippen LogP contribution in [0.2, 0.25) is 0 Å². The third-order valence-electron chi connectivity index (χ3n) is 10.6. The number of carbonyl (C=O) groups excluding carboxylic acids is 1. The monoisotopic (exact) mass is 734 g/mol. The molecule has 5 aromatic carbocycles. The van der Waals surface area contributed by atoms with Gasteiger partial charge in [-0.15, -0.1) is 0 Å². The molecule has 0 spiro atoms. The summed E-state index contributed by atoms with van der Waals surface area (Å²) in [7, 11) is -2.17. The van der Waals surface area contributed by atoms with Crippen LogP contribution in [-0.2, 0) is 4.74 Å². The summed E-state index contributed by atoms with van der Waals surface area (Å²) in [5.74, 6) is 0.0601. The Bertz CT molecular complexity index is 2220. The zero-order valence-corrected chi connectivity index (χ0v) is 31.6. The first-order chi connectivity index (χ1) is 26.5. The van der Waals surface area contributed by atoms with Crippen LogP contribution in [0.3, 0.4) is 0 Å². The molecule has 0 radical (unpaired) electrons. The summed E-state index contributed by atoms with van der Waals surface area (Å²) in [5, 5.41) is 15.3. The van der Waals surface area contributed by atoms with E-state index < -0.39 is 7.26 Å². The Balaban J connectivity index is 0.907. The molecule has 1 aliphatic carbocycles. The summed E-state index contributed by atoms with van der Waals surface area (Å²) in [4.78, 5) is 25.6. The van der Waals surface area contributed by atoms with Gasteiger partial charge in [0.1, 0.15) is 17.1 Å². The molecule has 0 atom stereocenters. The molecular formula is C48H47O5P. The van der Waals surface area contributed by atoms with E-state index in [0.717, 1.165) is 30.2 Å². The molecule has 0 amide bonds. The molecule has 0 aromatic heterocycles. The number of ether oxygens (including phenoxy) is 1. The summed E-state index contributed by atoms with van der Waals surface area (Å²) in [6, 6.07) is 50.4. The maximum atomic E-state index is 13.5. The standard InChI is InChI=1S/C48H47O5P/c49-36-28-30-43-45(34-36)53-46-35-37(50)29-31-44(46)47(43)41-26-16-17-27-42(41)48(51)52-32-18-5-3-1-2-4-6-19-33-54(38-20-10-7-11-21-38,39-22-12-8-13-23-39)40-24-14-9-15-25-40/h7-17,20-31,34-35,49,54H,1-6,18-19,32-33H2. The molecule has 274 valence electrons. The second kappa shape index (κ2) is 17.5. The largest absolute Gasteiger partial charge is 0.508 e. The second-order valence-corrected chi connectivity index (χ2v) is 18.1. The van der Waals surface area contributed by atoms with Gasteiger partial charge in [0.2, 0.25) is 0 Å². The normalized spacial score (nSPS) is 11.9. The van der Waals surface area contributed by atoms with Gasteiger partial charge in [-0.25, -0.2) is 4.79 Å². The van der Waals surface area contributed by atoms with Gasteiger partial charge in [0.15, 0.2) is 5.43 Å². The average Bonchev–Trinajstić information content (AvgIpc) is 3.21. The molecule has 5 nitrogen and oxygen atoms in total. The van der Waals surface area contributed by atoms with E-state index in [4.69, 9.17) is 9.15 Å². The quantitative estimate of drug-likeness (QED) is 0.0463. The number of carbonyl (C=O) groups is 1. The molecule has 0 fully saturated rings. The minimum atomic E-state index is -2.17. The van der Waals surface area contributed by atoms with Crippen molar-refractivity contribution in [1.29, 1.82) is 0 Å². The van der Waals surface area contributed by atoms with E-state index in [1.807, 2.05) is 18.2 Å². The Hall–Kier alpha value is -5.51. The molecular weight excluding hydrogens is 687 g/mol. The van der Waals surface area contributed by atoms with Crippen molar-refractivity contribution in [2.75, 3.05) is 12.8 Å². The number of aromatic hydroxyl groups is 1. The molecule has 0 saturated carbocycles. The van der Waals surface area contributed by atoms with Gasteiger partial charge >= 0.3 is 189 Å². The van der Waals surface area contributed by atoms with Crippen LogP contribution in [0, 0.1) is 0 Å². The zero-order valence-electron chi connectivity index (χ0n) is 30.6. The van der Waals surface area contributed by atoms with E-state index in [9.17, 15) is 14.7 Å². The second-order valence-electron chi connectivity index (χ2n) is 14.1. The van der Waals surface area contributed by atoms with Crippen molar-refractivity contribution in [2.45, 2.75) is 51.4 Å². The molecule has 5 aromatic rings. The van der Waals surface area contributed by atoms with Crippen LogP contribution in [0.25, 0.3) is 33.4 Å². The number of hydrogen-bond donors (Lipinski definition) is 1. The van der Waals surface area contributed by atoms with Gasteiger partial charge in [-0.3, -0.25) is 4.79 Å². The van der Waals surface area contributed by atoms with E-state index in [0.29, 0.717) is 34.6 Å². The summed E-state index contributed by atoms with van der Waals surface area (Å²) in [5.41, 5.74) is 2.84. The molecule has 1 heterocycles. The Labute approximate surface area is 318 Å². The van der Waals surface area contributed by atoms with Crippen LogP contribution >= 0.6 is 7.26 Å². The summed E-state index contributed by atoms with van der Waals surface area (Å²) >= 11 is 0. The molecule has 0 unspecified atom stereocenters. The van der Waals surface area contributed by atoms with Crippen molar-refractivity contribution < 1.29 is 19.1 Å². The van der Waals surface area contributed by atoms with Gasteiger partial charge in [-0.2, -0.15) is 0 Å². The minimum Gasteiger partial charge on any atom is -0.508 e. The Morgan fingerprint density at radius 2 is 1.13 bits per heavy atom. The molecule has 2 aliphatic rings. The predicted octanol–water partition coefficient (Wildman–Crippen LogP) is 10.3. The predicted molar refractivity (Wildman–Crippen MR) is 225 cm³/mol. The first kappa shape index (κ1) is 36.8. The molecule has 6 heteroatoms. The van der Waals surface area contributed by atoms with Crippen LogP contribution in [0.4, 0.5) is 0 Å². The summed E-state index contributed by atoms with van der Waals surface area (Å²) < 4.78 is 11.8. The third kappa shape index (κ3) is 8.17. The molecule has 7 rings (SSSR count). The minimum absolute atomic E-state index is 0.0524. The van der Waals surface area contributed by atoms with Crippen LogP contribution in [-0.4, -0.2) is 23.8 Å². The molecule has 0 bridgehead atoms. The molecule has 1 N–H and O–H groups in total. The summed E-state index contributed by atoms with van der Waals surface area (Å²) in [6.07, 6.45) is 10.2. The number of benzene rings is 6. The first-order valence-corrected chi connectivity index (χ1v) is 21.4. The number of rotatable bonds is 16. The van der Waals surface area contributed by atoms with Gasteiger partial charge in [-0.1, -0.05) is 18.2 Å². The van der Waals surface area contributed by atoms with E-state index in [1.54, 1.807) is 24.3 Å². The van der Waals surface area contributed by atoms with Crippen molar-refractivity contribution in [3.8, 4) is 28.2 Å². The third-order valence-corrected chi connectivity index (χ3v) is 15.6. The van der Waals surface area contributed by atoms with Gasteiger partial charge in [-0.05, 0) is 35.9 Å². The van der Waals surface area contributed by atoms with Crippen molar-refractivity contribution >= 4 is 40.1 Å². The van der Waals surface area contributed by atoms with E-state index in [-0.39, 0.29) is 17.1 Å². The van der Waals surface area contributed by atoms with Crippen LogP contribution < -0.4 is 21.3 Å². The van der Waals surface area contributed by atoms with Crippen molar-refractivity contribution in [2.24, 2.45) is 0 Å². The van der Waals surface area contributed by atoms with E-state index >= 15 is 0 Å². The average molecular weight is 735 g/mol. The van der Waals surface area contributed by atoms with Crippen LogP contribution in [0.15, 0.2) is 161 Å². The number of unbranched alkanes of at least 4 members (excludes halogenated alkanes) is 7. The number of phenols is 1. The number of phenolic OH excluding ortho intramolecular Hbond substituents is 1. The Morgan fingerprint density at radius 1 is 0.574 bits per heavy atom. The summed E-state index contributed by atoms with van der Waals surface area (Å²) in [6.45, 7) is 0.359. The number of esters is 1. The topological polar surface area (TPSA) is 76.7 Å². The van der Waals surface area contributed by atoms with Crippen LogP contribution in [0.5, 0.6) is 5.75 Å². The fourth-order valence-corrected chi connectivity index (χ4v) is 12.9. The SMILES string of the molecule is O=C(OCCCCCCCCCC[PH](c1ccccc1)(c1ccccc1)c1ccccc1)c1ccccc1-c1c2ccc(=O)cc-2oc2cc(O)ccc12. The Morgan fingerprint density at radius 3 is 1.76 bits per heavy atom. The Kier molecular flexibility index (Phi) is 12.0. The molecule has 1 aliphatic heterocycles. The number of hydrogen-bond acceptors (Lipinski definition) is 5.